The van der Waals surface area contributed by atoms with Gasteiger partial charge in [-0.05, 0) is 42.7 Å². The third kappa shape index (κ3) is 3.78. The molecule has 0 bridgehead atoms. The summed E-state index contributed by atoms with van der Waals surface area (Å²) in [6.07, 6.45) is 9.25. The molecule has 0 saturated carbocycles. The second-order valence-electron chi connectivity index (χ2n) is 8.07. The van der Waals surface area contributed by atoms with E-state index in [0.717, 1.165) is 41.2 Å². The number of nitrogens with zero attached hydrogens (tertiary/aromatic N) is 6. The molecule has 1 aromatic carbocycles. The Balaban J connectivity index is 1.58. The van der Waals surface area contributed by atoms with Gasteiger partial charge >= 0.3 is 0 Å². The monoisotopic (exact) mass is 440 g/mol. The highest BCUT2D eigenvalue weighted by Crippen LogP contribution is 2.32. The Hall–Kier alpha value is -4.25. The third-order valence-electron chi connectivity index (χ3n) is 5.96. The van der Waals surface area contributed by atoms with Crippen molar-refractivity contribution < 1.29 is 4.39 Å². The van der Waals surface area contributed by atoms with Crippen LogP contribution in [-0.2, 0) is 7.05 Å². The zero-order chi connectivity index (χ0) is 22.9. The first kappa shape index (κ1) is 20.6. The quantitative estimate of drug-likeness (QED) is 0.481. The molecule has 0 spiro atoms. The van der Waals surface area contributed by atoms with Gasteiger partial charge < -0.3 is 9.47 Å². The summed E-state index contributed by atoms with van der Waals surface area (Å²) in [5.41, 5.74) is 3.22. The van der Waals surface area contributed by atoms with Crippen molar-refractivity contribution in [1.29, 1.82) is 5.26 Å². The zero-order valence-corrected chi connectivity index (χ0v) is 18.1. The molecule has 8 heteroatoms. The van der Waals surface area contributed by atoms with E-state index >= 15 is 0 Å². The molecular weight excluding hydrogens is 419 g/mol. The van der Waals surface area contributed by atoms with Gasteiger partial charge in [0, 0.05) is 61.5 Å². The lowest BCUT2D eigenvalue weighted by atomic mass is 9.99. The Morgan fingerprint density at radius 3 is 2.58 bits per heavy atom. The summed E-state index contributed by atoms with van der Waals surface area (Å²) in [4.78, 5) is 19.3. The highest BCUT2D eigenvalue weighted by molar-refractivity contribution is 5.82. The van der Waals surface area contributed by atoms with Gasteiger partial charge in [0.2, 0.25) is 0 Å². The summed E-state index contributed by atoms with van der Waals surface area (Å²) in [6, 6.07) is 11.9. The number of benzene rings is 1. The van der Waals surface area contributed by atoms with E-state index in [1.165, 1.54) is 34.2 Å². The third-order valence-corrected chi connectivity index (χ3v) is 5.96. The highest BCUT2D eigenvalue weighted by Gasteiger charge is 2.17. The second-order valence-corrected chi connectivity index (χ2v) is 8.07. The Kier molecular flexibility index (Phi) is 5.23. The fourth-order valence-corrected chi connectivity index (χ4v) is 4.19. The van der Waals surface area contributed by atoms with E-state index in [0.29, 0.717) is 5.69 Å². The molecule has 3 aromatic heterocycles. The zero-order valence-electron chi connectivity index (χ0n) is 18.1. The standard InChI is InChI=1S/C25H21FN6O/c1-30-16-21(18-14-29-32(15-18)23-6-4-5-22(26)20(23)12-27)19(11-25(30)33)17-7-8-24(28-13-17)31-9-2-3-10-31/h4-8,11,13-16H,2-3,9-10H2,1H3. The molecule has 0 N–H and O–H groups in total. The first-order valence-electron chi connectivity index (χ1n) is 10.7. The topological polar surface area (TPSA) is 79.7 Å². The SMILES string of the molecule is Cn1cc(-c2cnn(-c3cccc(F)c3C#N)c2)c(-c2ccc(N3CCCC3)nc2)cc1=O. The Bertz CT molecular complexity index is 1420. The fourth-order valence-electron chi connectivity index (χ4n) is 4.19. The molecule has 7 nitrogen and oxygen atoms in total. The van der Waals surface area contributed by atoms with E-state index in [9.17, 15) is 14.4 Å². The van der Waals surface area contributed by atoms with Crippen molar-refractivity contribution in [2.24, 2.45) is 7.05 Å². The van der Waals surface area contributed by atoms with Gasteiger partial charge in [0.05, 0.1) is 11.9 Å². The van der Waals surface area contributed by atoms with Crippen molar-refractivity contribution in [3.8, 4) is 34.0 Å². The number of nitriles is 1. The van der Waals surface area contributed by atoms with E-state index in [2.05, 4.69) is 15.0 Å². The Morgan fingerprint density at radius 2 is 1.85 bits per heavy atom. The molecule has 0 aliphatic carbocycles. The van der Waals surface area contributed by atoms with Crippen molar-refractivity contribution in [2.45, 2.75) is 12.8 Å². The molecule has 1 fully saturated rings. The molecule has 4 heterocycles. The Morgan fingerprint density at radius 1 is 1.03 bits per heavy atom. The Labute approximate surface area is 190 Å². The summed E-state index contributed by atoms with van der Waals surface area (Å²) in [5.74, 6) is 0.337. The summed E-state index contributed by atoms with van der Waals surface area (Å²) in [5, 5.41) is 13.7. The lowest BCUT2D eigenvalue weighted by molar-refractivity contribution is 0.621. The van der Waals surface area contributed by atoms with Crippen LogP contribution in [0.4, 0.5) is 10.2 Å². The van der Waals surface area contributed by atoms with Crippen LogP contribution in [0.15, 0.2) is 66.0 Å². The lowest BCUT2D eigenvalue weighted by Crippen LogP contribution is -2.18. The smallest absolute Gasteiger partial charge is 0.250 e. The number of aryl methyl sites for hydroxylation is 1. The number of hydrogen-bond donors (Lipinski definition) is 0. The molecule has 4 aromatic rings. The average molecular weight is 440 g/mol. The van der Waals surface area contributed by atoms with Gasteiger partial charge in [-0.2, -0.15) is 10.4 Å². The van der Waals surface area contributed by atoms with E-state index in [4.69, 9.17) is 0 Å². The van der Waals surface area contributed by atoms with Gasteiger partial charge in [0.25, 0.3) is 5.56 Å². The summed E-state index contributed by atoms with van der Waals surface area (Å²) >= 11 is 0. The van der Waals surface area contributed by atoms with Crippen molar-refractivity contribution in [3.05, 3.63) is 82.9 Å². The largest absolute Gasteiger partial charge is 0.357 e. The van der Waals surface area contributed by atoms with E-state index in [1.54, 1.807) is 44.0 Å². The first-order chi connectivity index (χ1) is 16.0. The predicted molar refractivity (Wildman–Crippen MR) is 124 cm³/mol. The molecule has 1 saturated heterocycles. The van der Waals surface area contributed by atoms with Gasteiger partial charge in [-0.25, -0.2) is 14.1 Å². The van der Waals surface area contributed by atoms with Gasteiger partial charge in [0.1, 0.15) is 23.3 Å². The molecule has 164 valence electrons. The van der Waals surface area contributed by atoms with E-state index < -0.39 is 5.82 Å². The molecule has 5 rings (SSSR count). The number of aromatic nitrogens is 4. The fraction of sp³-hybridized carbons (Fsp3) is 0.200. The lowest BCUT2D eigenvalue weighted by Gasteiger charge is -2.17. The van der Waals surface area contributed by atoms with Crippen LogP contribution in [0.2, 0.25) is 0 Å². The van der Waals surface area contributed by atoms with Crippen molar-refractivity contribution in [2.75, 3.05) is 18.0 Å². The van der Waals surface area contributed by atoms with Crippen LogP contribution in [0.3, 0.4) is 0 Å². The van der Waals surface area contributed by atoms with E-state index in [1.807, 2.05) is 18.2 Å². The normalized spacial score (nSPS) is 13.3. The number of anilines is 1. The molecule has 0 radical (unpaired) electrons. The molecular formula is C25H21FN6O. The molecule has 1 aliphatic rings. The van der Waals surface area contributed by atoms with Crippen molar-refractivity contribution in [1.82, 2.24) is 19.3 Å². The van der Waals surface area contributed by atoms with Crippen LogP contribution in [0, 0.1) is 17.1 Å². The van der Waals surface area contributed by atoms with Crippen LogP contribution in [-0.4, -0.2) is 32.4 Å². The predicted octanol–water partition coefficient (Wildman–Crippen LogP) is 3.91. The minimum Gasteiger partial charge on any atom is -0.357 e. The van der Waals surface area contributed by atoms with Crippen LogP contribution >= 0.6 is 0 Å². The van der Waals surface area contributed by atoms with Crippen LogP contribution in [0.5, 0.6) is 0 Å². The maximum atomic E-state index is 14.1. The maximum absolute atomic E-state index is 14.1. The summed E-state index contributed by atoms with van der Waals surface area (Å²) in [7, 11) is 1.69. The number of halogens is 1. The summed E-state index contributed by atoms with van der Waals surface area (Å²) in [6.45, 7) is 2.01. The van der Waals surface area contributed by atoms with E-state index in [-0.39, 0.29) is 11.1 Å². The number of pyridine rings is 2. The second kappa shape index (κ2) is 8.36. The van der Waals surface area contributed by atoms with Gasteiger partial charge in [-0.15, -0.1) is 0 Å². The molecule has 0 amide bonds. The number of hydrogen-bond acceptors (Lipinski definition) is 5. The molecule has 33 heavy (non-hydrogen) atoms. The van der Waals surface area contributed by atoms with Crippen LogP contribution in [0.1, 0.15) is 18.4 Å². The maximum Gasteiger partial charge on any atom is 0.250 e. The van der Waals surface area contributed by atoms with Crippen LogP contribution < -0.4 is 10.5 Å². The van der Waals surface area contributed by atoms with Gasteiger partial charge in [-0.3, -0.25) is 4.79 Å². The van der Waals surface area contributed by atoms with Crippen molar-refractivity contribution in [3.63, 3.8) is 0 Å². The number of rotatable bonds is 4. The minimum atomic E-state index is -0.598. The van der Waals surface area contributed by atoms with Crippen molar-refractivity contribution >= 4 is 5.82 Å². The van der Waals surface area contributed by atoms with Gasteiger partial charge in [-0.1, -0.05) is 6.07 Å². The average Bonchev–Trinajstić information content (AvgIpc) is 3.53. The van der Waals surface area contributed by atoms with Crippen LogP contribution in [0.25, 0.3) is 27.9 Å². The first-order valence-corrected chi connectivity index (χ1v) is 10.7. The van der Waals surface area contributed by atoms with Gasteiger partial charge in [0.15, 0.2) is 0 Å². The molecule has 0 unspecified atom stereocenters. The summed E-state index contributed by atoms with van der Waals surface area (Å²) < 4.78 is 17.1. The molecule has 0 atom stereocenters. The minimum absolute atomic E-state index is 0.0745. The highest BCUT2D eigenvalue weighted by atomic mass is 19.1. The molecule has 1 aliphatic heterocycles.